The number of carbonyl (C=O) groups is 1. The summed E-state index contributed by atoms with van der Waals surface area (Å²) in [6.45, 7) is 2.30. The average molecular weight is 216 g/mol. The topological polar surface area (TPSA) is 44.8 Å². The van der Waals surface area contributed by atoms with Crippen LogP contribution in [0.4, 0.5) is 0 Å². The number of hydrogen-bond donors (Lipinski definition) is 0. The quantitative estimate of drug-likeness (QED) is 0.530. The maximum atomic E-state index is 11.5. The van der Waals surface area contributed by atoms with E-state index in [0.717, 1.165) is 25.7 Å². The summed E-state index contributed by atoms with van der Waals surface area (Å²) >= 11 is 0. The van der Waals surface area contributed by atoms with Crippen LogP contribution in [0.15, 0.2) is 0 Å². The molecule has 88 valence electrons. The van der Waals surface area contributed by atoms with E-state index in [1.807, 2.05) is 6.92 Å². The molecule has 0 saturated heterocycles. The summed E-state index contributed by atoms with van der Waals surface area (Å²) < 4.78 is 15.1. The van der Waals surface area contributed by atoms with Gasteiger partial charge in [-0.25, -0.2) is 0 Å². The monoisotopic (exact) mass is 216 g/mol. The van der Waals surface area contributed by atoms with E-state index in [0.29, 0.717) is 6.79 Å². The van der Waals surface area contributed by atoms with Crippen LogP contribution >= 0.6 is 0 Å². The van der Waals surface area contributed by atoms with Crippen LogP contribution in [0.5, 0.6) is 0 Å². The molecular weight excluding hydrogens is 196 g/mol. The predicted octanol–water partition coefficient (Wildman–Crippen LogP) is 1.73. The van der Waals surface area contributed by atoms with Crippen molar-refractivity contribution in [3.05, 3.63) is 0 Å². The second-order valence-electron chi connectivity index (χ2n) is 4.32. The molecule has 0 aliphatic heterocycles. The molecule has 1 aliphatic rings. The van der Waals surface area contributed by atoms with Gasteiger partial charge in [0, 0.05) is 7.11 Å². The fourth-order valence-electron chi connectivity index (χ4n) is 2.01. The molecular formula is C11H20O4. The summed E-state index contributed by atoms with van der Waals surface area (Å²) in [4.78, 5) is 11.5. The zero-order valence-corrected chi connectivity index (χ0v) is 9.75. The number of rotatable bonds is 4. The third-order valence-electron chi connectivity index (χ3n) is 3.14. The highest BCUT2D eigenvalue weighted by Gasteiger charge is 2.38. The lowest BCUT2D eigenvalue weighted by atomic mass is 9.75. The van der Waals surface area contributed by atoms with Crippen LogP contribution in [-0.2, 0) is 19.0 Å². The van der Waals surface area contributed by atoms with Gasteiger partial charge in [-0.3, -0.25) is 4.79 Å². The molecule has 1 rings (SSSR count). The van der Waals surface area contributed by atoms with Crippen molar-refractivity contribution < 1.29 is 19.0 Å². The third kappa shape index (κ3) is 3.18. The Hall–Kier alpha value is -0.610. The molecule has 1 fully saturated rings. The predicted molar refractivity (Wildman–Crippen MR) is 55.3 cm³/mol. The molecule has 4 nitrogen and oxygen atoms in total. The zero-order chi connectivity index (χ0) is 11.3. The Balaban J connectivity index is 2.37. The van der Waals surface area contributed by atoms with Gasteiger partial charge in [-0.1, -0.05) is 0 Å². The summed E-state index contributed by atoms with van der Waals surface area (Å²) in [5.74, 6) is -0.104. The van der Waals surface area contributed by atoms with Crippen molar-refractivity contribution in [1.29, 1.82) is 0 Å². The van der Waals surface area contributed by atoms with Crippen LogP contribution in [0.2, 0.25) is 0 Å². The summed E-state index contributed by atoms with van der Waals surface area (Å²) in [7, 11) is 3.06. The van der Waals surface area contributed by atoms with Gasteiger partial charge in [0.05, 0.1) is 18.6 Å². The van der Waals surface area contributed by atoms with Gasteiger partial charge in [0.15, 0.2) is 0 Å². The van der Waals surface area contributed by atoms with Crippen LogP contribution in [-0.4, -0.2) is 33.1 Å². The number of hydrogen-bond acceptors (Lipinski definition) is 4. The summed E-state index contributed by atoms with van der Waals surface area (Å²) in [5, 5.41) is 0. The van der Waals surface area contributed by atoms with Crippen LogP contribution in [0.1, 0.15) is 32.6 Å². The van der Waals surface area contributed by atoms with Gasteiger partial charge in [0.2, 0.25) is 0 Å². The molecule has 1 saturated carbocycles. The smallest absolute Gasteiger partial charge is 0.311 e. The average Bonchev–Trinajstić information content (AvgIpc) is 2.27. The number of carbonyl (C=O) groups excluding carboxylic acids is 1. The summed E-state index contributed by atoms with van der Waals surface area (Å²) in [6.07, 6.45) is 3.68. The van der Waals surface area contributed by atoms with Crippen molar-refractivity contribution >= 4 is 5.97 Å². The molecule has 0 radical (unpaired) electrons. The molecule has 0 spiro atoms. The molecule has 0 aromatic heterocycles. The second kappa shape index (κ2) is 5.47. The minimum atomic E-state index is -0.318. The molecule has 4 heteroatoms. The molecule has 0 aromatic carbocycles. The lowest BCUT2D eigenvalue weighted by Gasteiger charge is -2.34. The molecule has 0 amide bonds. The number of ether oxygens (including phenoxy) is 3. The Labute approximate surface area is 90.9 Å². The Morgan fingerprint density at radius 2 is 1.93 bits per heavy atom. The first-order valence-corrected chi connectivity index (χ1v) is 5.31. The number of esters is 1. The van der Waals surface area contributed by atoms with Crippen molar-refractivity contribution in [2.75, 3.05) is 21.0 Å². The standard InChI is InChI=1S/C11H20O4/c1-11(10(12)14-3)6-4-9(5-7-11)15-8-13-2/h9H,4-8H2,1-3H3. The van der Waals surface area contributed by atoms with Gasteiger partial charge < -0.3 is 14.2 Å². The molecule has 0 bridgehead atoms. The Bertz CT molecular complexity index is 207. The SMILES string of the molecule is COCOC1CCC(C)(C(=O)OC)CC1. The largest absolute Gasteiger partial charge is 0.469 e. The minimum absolute atomic E-state index is 0.104. The first-order valence-electron chi connectivity index (χ1n) is 5.31. The van der Waals surface area contributed by atoms with Crippen molar-refractivity contribution in [3.63, 3.8) is 0 Å². The Morgan fingerprint density at radius 1 is 1.33 bits per heavy atom. The Morgan fingerprint density at radius 3 is 2.40 bits per heavy atom. The van der Waals surface area contributed by atoms with Crippen LogP contribution < -0.4 is 0 Å². The van der Waals surface area contributed by atoms with Gasteiger partial charge >= 0.3 is 5.97 Å². The molecule has 15 heavy (non-hydrogen) atoms. The van der Waals surface area contributed by atoms with E-state index < -0.39 is 0 Å². The maximum Gasteiger partial charge on any atom is 0.311 e. The fraction of sp³-hybridized carbons (Fsp3) is 0.909. The van der Waals surface area contributed by atoms with E-state index in [9.17, 15) is 4.79 Å². The molecule has 0 unspecified atom stereocenters. The molecule has 1 aliphatic carbocycles. The van der Waals surface area contributed by atoms with E-state index >= 15 is 0 Å². The van der Waals surface area contributed by atoms with Gasteiger partial charge in [-0.15, -0.1) is 0 Å². The molecule has 0 N–H and O–H groups in total. The van der Waals surface area contributed by atoms with E-state index in [2.05, 4.69) is 0 Å². The molecule has 0 aromatic rings. The highest BCUT2D eigenvalue weighted by atomic mass is 16.7. The molecule has 0 heterocycles. The second-order valence-corrected chi connectivity index (χ2v) is 4.32. The normalized spacial score (nSPS) is 31.3. The van der Waals surface area contributed by atoms with Crippen molar-refractivity contribution in [1.82, 2.24) is 0 Å². The summed E-state index contributed by atoms with van der Waals surface area (Å²) in [5.41, 5.74) is -0.318. The van der Waals surface area contributed by atoms with Gasteiger partial charge in [-0.05, 0) is 32.6 Å². The maximum absolute atomic E-state index is 11.5. The van der Waals surface area contributed by atoms with Crippen molar-refractivity contribution in [2.45, 2.75) is 38.7 Å². The highest BCUT2D eigenvalue weighted by Crippen LogP contribution is 2.37. The van der Waals surface area contributed by atoms with E-state index in [4.69, 9.17) is 14.2 Å². The zero-order valence-electron chi connectivity index (χ0n) is 9.75. The van der Waals surface area contributed by atoms with Crippen molar-refractivity contribution in [2.24, 2.45) is 5.41 Å². The van der Waals surface area contributed by atoms with Crippen LogP contribution in [0, 0.1) is 5.41 Å². The summed E-state index contributed by atoms with van der Waals surface area (Å²) in [6, 6.07) is 0. The van der Waals surface area contributed by atoms with E-state index in [1.165, 1.54) is 7.11 Å². The third-order valence-corrected chi connectivity index (χ3v) is 3.14. The van der Waals surface area contributed by atoms with Gasteiger partial charge in [0.1, 0.15) is 6.79 Å². The lowest BCUT2D eigenvalue weighted by Crippen LogP contribution is -2.36. The van der Waals surface area contributed by atoms with E-state index in [1.54, 1.807) is 7.11 Å². The van der Waals surface area contributed by atoms with Gasteiger partial charge in [-0.2, -0.15) is 0 Å². The number of methoxy groups -OCH3 is 2. The highest BCUT2D eigenvalue weighted by molar-refractivity contribution is 5.76. The fourth-order valence-corrected chi connectivity index (χ4v) is 2.01. The van der Waals surface area contributed by atoms with Crippen LogP contribution in [0.3, 0.4) is 0 Å². The van der Waals surface area contributed by atoms with E-state index in [-0.39, 0.29) is 17.5 Å². The Kier molecular flexibility index (Phi) is 4.54. The molecule has 0 atom stereocenters. The van der Waals surface area contributed by atoms with Crippen molar-refractivity contribution in [3.8, 4) is 0 Å². The minimum Gasteiger partial charge on any atom is -0.469 e. The van der Waals surface area contributed by atoms with Gasteiger partial charge in [0.25, 0.3) is 0 Å². The first-order chi connectivity index (χ1) is 7.12. The van der Waals surface area contributed by atoms with Crippen LogP contribution in [0.25, 0.3) is 0 Å². The first kappa shape index (κ1) is 12.5. The lowest BCUT2D eigenvalue weighted by molar-refractivity contribution is -0.157.